The molecule has 2 fully saturated rings. The predicted molar refractivity (Wildman–Crippen MR) is 116 cm³/mol. The summed E-state index contributed by atoms with van der Waals surface area (Å²) in [5.74, 6) is 2.27. The quantitative estimate of drug-likeness (QED) is 0.593. The van der Waals surface area contributed by atoms with Gasteiger partial charge < -0.3 is 8.83 Å². The second kappa shape index (κ2) is 8.37. The number of hydrogen-bond acceptors (Lipinski definition) is 7. The van der Waals surface area contributed by atoms with Gasteiger partial charge in [0, 0.05) is 17.8 Å². The van der Waals surface area contributed by atoms with Crippen LogP contribution in [-0.2, 0) is 16.6 Å². The van der Waals surface area contributed by atoms with E-state index in [4.69, 9.17) is 8.83 Å². The maximum Gasteiger partial charge on any atom is 0.234 e. The molecule has 3 aromatic rings. The van der Waals surface area contributed by atoms with Gasteiger partial charge in [-0.1, -0.05) is 24.6 Å². The van der Waals surface area contributed by atoms with E-state index in [0.29, 0.717) is 18.3 Å². The Balaban J connectivity index is 1.21. The van der Waals surface area contributed by atoms with Crippen LogP contribution in [0.5, 0.6) is 0 Å². The molecular weight excluding hydrogens is 416 g/mol. The average molecular weight is 445 g/mol. The normalized spacial score (nSPS) is 22.3. The fourth-order valence-electron chi connectivity index (χ4n) is 4.77. The first-order chi connectivity index (χ1) is 15.0. The predicted octanol–water partition coefficient (Wildman–Crippen LogP) is 3.68. The van der Waals surface area contributed by atoms with Crippen molar-refractivity contribution in [3.8, 4) is 0 Å². The summed E-state index contributed by atoms with van der Waals surface area (Å²) in [7, 11) is -3.30. The molecule has 2 saturated heterocycles. The van der Waals surface area contributed by atoms with Crippen LogP contribution in [0.1, 0.15) is 61.6 Å². The fourth-order valence-corrected chi connectivity index (χ4v) is 5.89. The number of furan rings is 1. The van der Waals surface area contributed by atoms with Crippen molar-refractivity contribution in [1.82, 2.24) is 19.4 Å². The minimum Gasteiger partial charge on any atom is -0.460 e. The zero-order chi connectivity index (χ0) is 21.4. The molecule has 0 bridgehead atoms. The van der Waals surface area contributed by atoms with Gasteiger partial charge in [0.2, 0.25) is 21.8 Å². The number of para-hydroxylation sites is 1. The lowest BCUT2D eigenvalue weighted by molar-refractivity contribution is 0.176. The molecule has 0 unspecified atom stereocenters. The van der Waals surface area contributed by atoms with E-state index >= 15 is 0 Å². The molecule has 5 rings (SSSR count). The molecule has 2 aliphatic rings. The third kappa shape index (κ3) is 4.40. The largest absolute Gasteiger partial charge is 0.460 e. The molecule has 0 amide bonds. The number of sulfonamides is 1. The second-order valence-electron chi connectivity index (χ2n) is 8.66. The van der Waals surface area contributed by atoms with Gasteiger partial charge in [-0.2, -0.15) is 4.31 Å². The number of nitrogens with zero attached hydrogens (tertiary/aromatic N) is 4. The van der Waals surface area contributed by atoms with Crippen molar-refractivity contribution in [3.05, 3.63) is 47.9 Å². The molecule has 9 heteroatoms. The summed E-state index contributed by atoms with van der Waals surface area (Å²) < 4.78 is 37.8. The Hall–Kier alpha value is -2.23. The lowest BCUT2D eigenvalue weighted by atomic mass is 9.97. The molecule has 8 nitrogen and oxygen atoms in total. The zero-order valence-electron chi connectivity index (χ0n) is 17.7. The first kappa shape index (κ1) is 20.7. The van der Waals surface area contributed by atoms with Crippen LogP contribution in [-0.4, -0.2) is 53.7 Å². The molecule has 0 aliphatic carbocycles. The number of rotatable bonds is 5. The minimum atomic E-state index is -3.30. The number of piperidine rings is 2. The number of benzene rings is 1. The molecule has 2 aromatic heterocycles. The molecular formula is C22H28N4O4S. The zero-order valence-corrected chi connectivity index (χ0v) is 18.6. The monoisotopic (exact) mass is 444 g/mol. The van der Waals surface area contributed by atoms with Crippen molar-refractivity contribution in [3.63, 3.8) is 0 Å². The van der Waals surface area contributed by atoms with Crippen LogP contribution >= 0.6 is 0 Å². The first-order valence-corrected chi connectivity index (χ1v) is 12.8. The van der Waals surface area contributed by atoms with Crippen molar-refractivity contribution in [2.24, 2.45) is 0 Å². The lowest BCUT2D eigenvalue weighted by Gasteiger charge is -2.31. The Kier molecular flexibility index (Phi) is 5.58. The van der Waals surface area contributed by atoms with Gasteiger partial charge in [0.15, 0.2) is 0 Å². The van der Waals surface area contributed by atoms with Crippen molar-refractivity contribution in [2.75, 3.05) is 25.9 Å². The van der Waals surface area contributed by atoms with Gasteiger partial charge in [-0.25, -0.2) is 8.42 Å². The Labute approximate surface area is 182 Å². The average Bonchev–Trinajstić information content (AvgIpc) is 3.40. The van der Waals surface area contributed by atoms with Crippen LogP contribution in [0.4, 0.5) is 0 Å². The van der Waals surface area contributed by atoms with Crippen molar-refractivity contribution in [2.45, 2.75) is 50.6 Å². The van der Waals surface area contributed by atoms with E-state index < -0.39 is 10.0 Å². The maximum atomic E-state index is 12.1. The van der Waals surface area contributed by atoms with Crippen molar-refractivity contribution in [1.29, 1.82) is 0 Å². The lowest BCUT2D eigenvalue weighted by Crippen LogP contribution is -2.37. The second-order valence-corrected chi connectivity index (χ2v) is 10.6. The molecule has 166 valence electrons. The van der Waals surface area contributed by atoms with Crippen LogP contribution in [0.2, 0.25) is 0 Å². The molecule has 0 radical (unpaired) electrons. The summed E-state index contributed by atoms with van der Waals surface area (Å²) in [5, 5.41) is 9.67. The topological polar surface area (TPSA) is 92.7 Å². The van der Waals surface area contributed by atoms with E-state index in [1.54, 1.807) is 0 Å². The Morgan fingerprint density at radius 2 is 1.77 bits per heavy atom. The molecule has 2 aliphatic heterocycles. The van der Waals surface area contributed by atoms with Gasteiger partial charge in [0.05, 0.1) is 12.8 Å². The number of likely N-dealkylation sites (tertiary alicyclic amines) is 1. The smallest absolute Gasteiger partial charge is 0.234 e. The Morgan fingerprint density at radius 1 is 1.00 bits per heavy atom. The Morgan fingerprint density at radius 3 is 2.55 bits per heavy atom. The van der Waals surface area contributed by atoms with Crippen LogP contribution in [0.3, 0.4) is 0 Å². The molecule has 0 spiro atoms. The van der Waals surface area contributed by atoms with E-state index in [0.717, 1.165) is 68.5 Å². The van der Waals surface area contributed by atoms with Gasteiger partial charge in [-0.05, 0) is 50.9 Å². The van der Waals surface area contributed by atoms with Gasteiger partial charge in [-0.15, -0.1) is 10.2 Å². The van der Waals surface area contributed by atoms with Crippen LogP contribution in [0.15, 0.2) is 39.2 Å². The third-order valence-electron chi connectivity index (χ3n) is 6.41. The molecule has 1 atom stereocenters. The molecule has 0 N–H and O–H groups in total. The molecule has 0 saturated carbocycles. The first-order valence-electron chi connectivity index (χ1n) is 11.0. The van der Waals surface area contributed by atoms with Gasteiger partial charge in [0.25, 0.3) is 0 Å². The molecule has 31 heavy (non-hydrogen) atoms. The number of hydrogen-bond donors (Lipinski definition) is 0. The summed E-state index contributed by atoms with van der Waals surface area (Å²) in [5.41, 5.74) is 0.927. The SMILES string of the molecule is CS(=O)(=O)N1CCCC[C@@H]1c1nnc(C2CCN(Cc3cc4ccccc4o3)CC2)o1. The standard InChI is InChI=1S/C22H28N4O4S/c1-31(27,28)26-11-5-4-7-19(26)22-24-23-21(30-22)16-9-12-25(13-10-16)15-18-14-17-6-2-3-8-20(17)29-18/h2-3,6,8,14,16,19H,4-5,7,9-13,15H2,1H3/t19-/m1/s1. The highest BCUT2D eigenvalue weighted by Gasteiger charge is 2.35. The van der Waals surface area contributed by atoms with E-state index in [-0.39, 0.29) is 12.0 Å². The summed E-state index contributed by atoms with van der Waals surface area (Å²) in [6, 6.07) is 9.85. The fraction of sp³-hybridized carbons (Fsp3) is 0.545. The molecule has 1 aromatic carbocycles. The number of aromatic nitrogens is 2. The minimum absolute atomic E-state index is 0.212. The van der Waals surface area contributed by atoms with Gasteiger partial charge >= 0.3 is 0 Å². The summed E-state index contributed by atoms with van der Waals surface area (Å²) in [6.07, 6.45) is 5.68. The van der Waals surface area contributed by atoms with Crippen LogP contribution in [0.25, 0.3) is 11.0 Å². The van der Waals surface area contributed by atoms with Crippen LogP contribution < -0.4 is 0 Å². The van der Waals surface area contributed by atoms with E-state index in [1.807, 2.05) is 18.2 Å². The third-order valence-corrected chi connectivity index (χ3v) is 7.70. The van der Waals surface area contributed by atoms with E-state index in [1.165, 1.54) is 10.6 Å². The van der Waals surface area contributed by atoms with E-state index in [9.17, 15) is 8.42 Å². The van der Waals surface area contributed by atoms with Crippen LogP contribution in [0, 0.1) is 0 Å². The highest BCUT2D eigenvalue weighted by atomic mass is 32.2. The summed E-state index contributed by atoms with van der Waals surface area (Å²) in [4.78, 5) is 2.39. The van der Waals surface area contributed by atoms with Crippen molar-refractivity contribution < 1.29 is 17.3 Å². The van der Waals surface area contributed by atoms with Gasteiger partial charge in [0.1, 0.15) is 17.4 Å². The Bertz CT molecular complexity index is 1110. The highest BCUT2D eigenvalue weighted by Crippen LogP contribution is 2.34. The van der Waals surface area contributed by atoms with Gasteiger partial charge in [-0.3, -0.25) is 4.90 Å². The summed E-state index contributed by atoms with van der Waals surface area (Å²) in [6.45, 7) is 3.17. The number of fused-ring (bicyclic) bond motifs is 1. The highest BCUT2D eigenvalue weighted by molar-refractivity contribution is 7.88. The summed E-state index contributed by atoms with van der Waals surface area (Å²) >= 11 is 0. The maximum absolute atomic E-state index is 12.1. The van der Waals surface area contributed by atoms with E-state index in [2.05, 4.69) is 27.2 Å². The molecule has 4 heterocycles. The van der Waals surface area contributed by atoms with Crippen molar-refractivity contribution >= 4 is 21.0 Å².